The normalized spacial score (nSPS) is 11.1. The Kier molecular flexibility index (Phi) is 4.35. The minimum Gasteiger partial charge on any atom is -0.395 e. The number of anilines is 1. The van der Waals surface area contributed by atoms with Crippen LogP contribution in [0.3, 0.4) is 0 Å². The third-order valence-electron chi connectivity index (χ3n) is 4.10. The van der Waals surface area contributed by atoms with E-state index in [4.69, 9.17) is 4.42 Å². The predicted molar refractivity (Wildman–Crippen MR) is 102 cm³/mol. The molecule has 28 heavy (non-hydrogen) atoms. The number of nitro groups is 1. The summed E-state index contributed by atoms with van der Waals surface area (Å²) in [6.45, 7) is 3.83. The van der Waals surface area contributed by atoms with E-state index in [1.54, 1.807) is 10.6 Å². The molecule has 0 aliphatic carbocycles. The van der Waals surface area contributed by atoms with E-state index in [1.165, 1.54) is 17.4 Å². The quantitative estimate of drug-likeness (QED) is 0.402. The molecule has 10 nitrogen and oxygen atoms in total. The number of carbonyl (C=O) groups excluding carboxylic acids is 1. The smallest absolute Gasteiger partial charge is 0.395 e. The van der Waals surface area contributed by atoms with E-state index in [1.807, 2.05) is 26.0 Å². The molecule has 4 rings (SSSR count). The fourth-order valence-electron chi connectivity index (χ4n) is 2.62. The van der Waals surface area contributed by atoms with Crippen molar-refractivity contribution in [2.45, 2.75) is 20.3 Å². The Morgan fingerprint density at radius 2 is 2.14 bits per heavy atom. The number of nitrogens with zero attached hydrogens (tertiary/aromatic N) is 5. The second-order valence-corrected chi connectivity index (χ2v) is 6.91. The van der Waals surface area contributed by atoms with Crippen LogP contribution in [0.4, 0.5) is 11.6 Å². The first-order chi connectivity index (χ1) is 13.5. The molecule has 4 aromatic rings. The van der Waals surface area contributed by atoms with Crippen LogP contribution in [0.5, 0.6) is 0 Å². The minimum absolute atomic E-state index is 0.136. The summed E-state index contributed by atoms with van der Waals surface area (Å²) in [7, 11) is 0. The van der Waals surface area contributed by atoms with Crippen molar-refractivity contribution in [1.82, 2.24) is 19.8 Å². The SMILES string of the molecule is CCc1nnc2sc(-c3ccc(C)c(NC(=O)c4ccc([N+](=O)[O-])o4)c3)nn12. The van der Waals surface area contributed by atoms with Crippen LogP contribution in [0.25, 0.3) is 15.5 Å². The van der Waals surface area contributed by atoms with Crippen LogP contribution in [0.15, 0.2) is 34.7 Å². The van der Waals surface area contributed by atoms with E-state index < -0.39 is 16.7 Å². The average Bonchev–Trinajstić information content (AvgIpc) is 3.38. The van der Waals surface area contributed by atoms with Crippen LogP contribution in [0.1, 0.15) is 28.9 Å². The number of fused-ring (bicyclic) bond motifs is 1. The maximum absolute atomic E-state index is 12.4. The van der Waals surface area contributed by atoms with Gasteiger partial charge in [-0.25, -0.2) is 0 Å². The molecule has 0 bridgehead atoms. The van der Waals surface area contributed by atoms with Crippen molar-refractivity contribution in [3.63, 3.8) is 0 Å². The van der Waals surface area contributed by atoms with E-state index in [-0.39, 0.29) is 5.76 Å². The topological polar surface area (TPSA) is 128 Å². The lowest BCUT2D eigenvalue weighted by molar-refractivity contribution is -0.402. The predicted octanol–water partition coefficient (Wildman–Crippen LogP) is 3.48. The highest BCUT2D eigenvalue weighted by Gasteiger charge is 2.19. The molecule has 3 aromatic heterocycles. The zero-order valence-electron chi connectivity index (χ0n) is 14.9. The highest BCUT2D eigenvalue weighted by Crippen LogP contribution is 2.29. The molecular weight excluding hydrogens is 384 g/mol. The molecule has 1 N–H and O–H groups in total. The van der Waals surface area contributed by atoms with Crippen molar-refractivity contribution >= 4 is 33.8 Å². The van der Waals surface area contributed by atoms with E-state index in [2.05, 4.69) is 20.6 Å². The van der Waals surface area contributed by atoms with E-state index >= 15 is 0 Å². The van der Waals surface area contributed by atoms with Crippen LogP contribution in [-0.4, -0.2) is 30.6 Å². The van der Waals surface area contributed by atoms with E-state index in [0.29, 0.717) is 10.6 Å². The first-order valence-electron chi connectivity index (χ1n) is 8.34. The summed E-state index contributed by atoms with van der Waals surface area (Å²) >= 11 is 1.39. The van der Waals surface area contributed by atoms with Gasteiger partial charge in [-0.3, -0.25) is 14.9 Å². The number of hydrogen-bond acceptors (Lipinski definition) is 8. The molecule has 1 aromatic carbocycles. The summed E-state index contributed by atoms with van der Waals surface area (Å²) in [4.78, 5) is 23.1. The lowest BCUT2D eigenvalue weighted by Gasteiger charge is -2.08. The van der Waals surface area contributed by atoms with Gasteiger partial charge in [0.25, 0.3) is 5.91 Å². The molecule has 0 spiro atoms. The van der Waals surface area contributed by atoms with Crippen molar-refractivity contribution in [1.29, 1.82) is 0 Å². The minimum atomic E-state index is -0.694. The monoisotopic (exact) mass is 398 g/mol. The van der Waals surface area contributed by atoms with Gasteiger partial charge >= 0.3 is 5.88 Å². The molecule has 1 amide bonds. The van der Waals surface area contributed by atoms with Gasteiger partial charge in [-0.2, -0.15) is 9.61 Å². The van der Waals surface area contributed by atoms with Crippen molar-refractivity contribution in [3.05, 3.63) is 57.6 Å². The van der Waals surface area contributed by atoms with Gasteiger partial charge in [-0.05, 0) is 24.6 Å². The van der Waals surface area contributed by atoms with Crippen LogP contribution in [-0.2, 0) is 6.42 Å². The van der Waals surface area contributed by atoms with Gasteiger partial charge in [0.15, 0.2) is 11.6 Å². The number of rotatable bonds is 5. The Labute approximate surface area is 162 Å². The first-order valence-corrected chi connectivity index (χ1v) is 9.15. The van der Waals surface area contributed by atoms with Gasteiger partial charge < -0.3 is 9.73 Å². The summed E-state index contributed by atoms with van der Waals surface area (Å²) < 4.78 is 6.66. The number of aryl methyl sites for hydroxylation is 2. The molecule has 11 heteroatoms. The maximum atomic E-state index is 12.4. The number of amides is 1. The van der Waals surface area contributed by atoms with Gasteiger partial charge in [0.1, 0.15) is 9.93 Å². The van der Waals surface area contributed by atoms with Crippen molar-refractivity contribution in [2.75, 3.05) is 5.32 Å². The number of aromatic nitrogens is 4. The lowest BCUT2D eigenvalue weighted by Crippen LogP contribution is -2.12. The summed E-state index contributed by atoms with van der Waals surface area (Å²) in [6.07, 6.45) is 0.717. The average molecular weight is 398 g/mol. The van der Waals surface area contributed by atoms with E-state index in [0.717, 1.165) is 34.4 Å². The molecule has 0 saturated heterocycles. The lowest BCUT2D eigenvalue weighted by atomic mass is 10.1. The van der Waals surface area contributed by atoms with Gasteiger partial charge in [-0.15, -0.1) is 10.2 Å². The molecule has 0 saturated carbocycles. The van der Waals surface area contributed by atoms with Crippen LogP contribution in [0, 0.1) is 17.0 Å². The summed E-state index contributed by atoms with van der Waals surface area (Å²) in [5.41, 5.74) is 2.20. The highest BCUT2D eigenvalue weighted by molar-refractivity contribution is 7.19. The van der Waals surface area contributed by atoms with E-state index in [9.17, 15) is 14.9 Å². The molecule has 0 aliphatic heterocycles. The summed E-state index contributed by atoms with van der Waals surface area (Å²) in [5, 5.41) is 26.9. The fraction of sp³-hybridized carbons (Fsp3) is 0.176. The standard InChI is InChI=1S/C17H14N6O4S/c1-3-13-19-20-17-22(13)21-16(28-17)10-5-4-9(2)11(8-10)18-15(24)12-6-7-14(27-12)23(25)26/h4-8H,3H2,1-2H3,(H,18,24). The second kappa shape index (κ2) is 6.85. The Bertz CT molecular complexity index is 1210. The Hall–Kier alpha value is -3.60. The Morgan fingerprint density at radius 3 is 2.86 bits per heavy atom. The molecule has 0 fully saturated rings. The van der Waals surface area contributed by atoms with Crippen molar-refractivity contribution in [2.24, 2.45) is 0 Å². The third kappa shape index (κ3) is 3.11. The van der Waals surface area contributed by atoms with Crippen molar-refractivity contribution < 1.29 is 14.1 Å². The molecule has 0 atom stereocenters. The van der Waals surface area contributed by atoms with Crippen molar-refractivity contribution in [3.8, 4) is 10.6 Å². The zero-order chi connectivity index (χ0) is 19.8. The summed E-state index contributed by atoms with van der Waals surface area (Å²) in [5.74, 6) is -0.415. The highest BCUT2D eigenvalue weighted by atomic mass is 32.1. The van der Waals surface area contributed by atoms with Gasteiger partial charge in [-0.1, -0.05) is 30.4 Å². The third-order valence-corrected chi connectivity index (χ3v) is 5.05. The van der Waals surface area contributed by atoms with Gasteiger partial charge in [0.05, 0.1) is 6.07 Å². The number of benzene rings is 1. The van der Waals surface area contributed by atoms with Gasteiger partial charge in [0, 0.05) is 17.7 Å². The number of nitrogens with one attached hydrogen (secondary N) is 1. The maximum Gasteiger partial charge on any atom is 0.433 e. The van der Waals surface area contributed by atoms with Crippen LogP contribution >= 0.6 is 11.3 Å². The molecule has 0 radical (unpaired) electrons. The largest absolute Gasteiger partial charge is 0.433 e. The molecule has 0 aliphatic rings. The zero-order valence-corrected chi connectivity index (χ0v) is 15.7. The van der Waals surface area contributed by atoms with Crippen LogP contribution < -0.4 is 5.32 Å². The van der Waals surface area contributed by atoms with Crippen LogP contribution in [0.2, 0.25) is 0 Å². The Balaban J connectivity index is 1.63. The number of furan rings is 1. The molecule has 0 unspecified atom stereocenters. The number of carbonyl (C=O) groups is 1. The first kappa shape index (κ1) is 17.8. The Morgan fingerprint density at radius 1 is 1.32 bits per heavy atom. The fourth-order valence-corrected chi connectivity index (χ4v) is 3.47. The summed E-state index contributed by atoms with van der Waals surface area (Å²) in [6, 6.07) is 7.96. The molecule has 3 heterocycles. The molecule has 142 valence electrons. The van der Waals surface area contributed by atoms with Gasteiger partial charge in [0.2, 0.25) is 4.96 Å². The number of hydrogen-bond donors (Lipinski definition) is 1. The molecular formula is C17H14N6O4S. The second-order valence-electron chi connectivity index (χ2n) is 5.95.